The number of aliphatic imine (C=N–C) groups is 1. The number of thioether (sulfide) groups is 1. The first-order valence-corrected chi connectivity index (χ1v) is 7.77. The van der Waals surface area contributed by atoms with Gasteiger partial charge < -0.3 is 9.84 Å². The maximum Gasteiger partial charge on any atom is 0.438 e. The van der Waals surface area contributed by atoms with Crippen LogP contribution in [0.5, 0.6) is 0 Å². The van der Waals surface area contributed by atoms with E-state index in [1.165, 1.54) is 6.19 Å². The van der Waals surface area contributed by atoms with E-state index in [1.807, 2.05) is 0 Å². The van der Waals surface area contributed by atoms with Crippen molar-refractivity contribution >= 4 is 22.9 Å². The highest BCUT2D eigenvalue weighted by atomic mass is 32.2. The fraction of sp³-hybridized carbons (Fsp3) is 0.769. The minimum absolute atomic E-state index is 0.0493. The minimum Gasteiger partial charge on any atom is -0.460 e. The first-order chi connectivity index (χ1) is 10.4. The Labute approximate surface area is 136 Å². The lowest BCUT2D eigenvalue weighted by atomic mass is 10.2. The molecule has 1 rings (SSSR count). The molecule has 0 spiro atoms. The van der Waals surface area contributed by atoms with Gasteiger partial charge in [-0.25, -0.2) is 4.90 Å². The quantitative estimate of drug-likeness (QED) is 0.474. The Balaban J connectivity index is 2.59. The SMILES string of the molecule is CC(C)(C)OC(=O)CCCN=C1SCC(O)(C(F)(F)F)N1C#N. The van der Waals surface area contributed by atoms with Crippen molar-refractivity contribution in [3.8, 4) is 6.19 Å². The molecule has 0 amide bonds. The highest BCUT2D eigenvalue weighted by molar-refractivity contribution is 8.14. The molecule has 0 aromatic carbocycles. The van der Waals surface area contributed by atoms with Crippen LogP contribution >= 0.6 is 11.8 Å². The second-order valence-corrected chi connectivity index (χ2v) is 6.84. The number of amidine groups is 1. The highest BCUT2D eigenvalue weighted by Gasteiger charge is 2.63. The van der Waals surface area contributed by atoms with Crippen LogP contribution in [-0.2, 0) is 9.53 Å². The summed E-state index contributed by atoms with van der Waals surface area (Å²) in [5, 5.41) is 18.3. The monoisotopic (exact) mass is 353 g/mol. The minimum atomic E-state index is -4.97. The number of aliphatic hydroxyl groups is 1. The van der Waals surface area contributed by atoms with Gasteiger partial charge in [-0.15, -0.1) is 0 Å². The summed E-state index contributed by atoms with van der Waals surface area (Å²) in [5.41, 5.74) is -3.85. The number of hydrogen-bond acceptors (Lipinski definition) is 6. The highest BCUT2D eigenvalue weighted by Crippen LogP contribution is 2.42. The smallest absolute Gasteiger partial charge is 0.438 e. The first-order valence-electron chi connectivity index (χ1n) is 6.79. The fourth-order valence-electron chi connectivity index (χ4n) is 1.69. The zero-order chi connectivity index (χ0) is 17.9. The van der Waals surface area contributed by atoms with Crippen molar-refractivity contribution in [2.45, 2.75) is 51.1 Å². The van der Waals surface area contributed by atoms with Crippen molar-refractivity contribution in [1.82, 2.24) is 4.90 Å². The van der Waals surface area contributed by atoms with Gasteiger partial charge in [-0.1, -0.05) is 11.8 Å². The number of carbonyl (C=O) groups excluding carboxylic acids is 1. The van der Waals surface area contributed by atoms with Crippen LogP contribution in [0.4, 0.5) is 13.2 Å². The number of alkyl halides is 3. The van der Waals surface area contributed by atoms with Crippen molar-refractivity contribution in [2.75, 3.05) is 12.3 Å². The summed E-state index contributed by atoms with van der Waals surface area (Å²) in [6, 6.07) is 0. The average Bonchev–Trinajstić information content (AvgIpc) is 2.70. The number of nitrogens with zero attached hydrogens (tertiary/aromatic N) is 3. The van der Waals surface area contributed by atoms with Gasteiger partial charge in [-0.3, -0.25) is 9.79 Å². The third-order valence-corrected chi connectivity index (χ3v) is 3.84. The Bertz CT molecular complexity index is 525. The van der Waals surface area contributed by atoms with E-state index in [0.29, 0.717) is 11.8 Å². The van der Waals surface area contributed by atoms with E-state index in [2.05, 4.69) is 4.99 Å². The zero-order valence-corrected chi connectivity index (χ0v) is 13.8. The number of rotatable bonds is 4. The molecule has 0 saturated carbocycles. The maximum absolute atomic E-state index is 12.8. The second kappa shape index (κ2) is 6.97. The van der Waals surface area contributed by atoms with E-state index in [4.69, 9.17) is 10.00 Å². The molecule has 23 heavy (non-hydrogen) atoms. The van der Waals surface area contributed by atoms with E-state index in [9.17, 15) is 23.1 Å². The lowest BCUT2D eigenvalue weighted by molar-refractivity contribution is -0.280. The molecule has 1 saturated heterocycles. The molecule has 130 valence electrons. The molecule has 1 aliphatic rings. The van der Waals surface area contributed by atoms with E-state index in [-0.39, 0.29) is 29.5 Å². The maximum atomic E-state index is 12.8. The molecule has 1 atom stereocenters. The van der Waals surface area contributed by atoms with Gasteiger partial charge in [0.1, 0.15) is 5.60 Å². The molecule has 6 nitrogen and oxygen atoms in total. The molecule has 0 aromatic rings. The van der Waals surface area contributed by atoms with Crippen LogP contribution in [0.25, 0.3) is 0 Å². The molecular formula is C13H18F3N3O3S. The first kappa shape index (κ1) is 19.6. The van der Waals surface area contributed by atoms with Gasteiger partial charge in [-0.2, -0.15) is 18.4 Å². The summed E-state index contributed by atoms with van der Waals surface area (Å²) < 4.78 is 43.6. The molecule has 1 heterocycles. The molecule has 1 N–H and O–H groups in total. The normalized spacial score (nSPS) is 23.9. The largest absolute Gasteiger partial charge is 0.460 e. The predicted molar refractivity (Wildman–Crippen MR) is 78.3 cm³/mol. The summed E-state index contributed by atoms with van der Waals surface area (Å²) >= 11 is 0.645. The van der Waals surface area contributed by atoms with Crippen LogP contribution in [0, 0.1) is 11.5 Å². The van der Waals surface area contributed by atoms with E-state index >= 15 is 0 Å². The molecule has 0 radical (unpaired) electrons. The van der Waals surface area contributed by atoms with Gasteiger partial charge >= 0.3 is 12.1 Å². The molecule has 1 aliphatic heterocycles. The van der Waals surface area contributed by atoms with Gasteiger partial charge in [0.15, 0.2) is 11.4 Å². The summed E-state index contributed by atoms with van der Waals surface area (Å²) in [6.07, 6.45) is -3.33. The molecule has 0 bridgehead atoms. The van der Waals surface area contributed by atoms with E-state index in [1.54, 1.807) is 20.8 Å². The number of ether oxygens (including phenoxy) is 1. The molecule has 1 unspecified atom stereocenters. The second-order valence-electron chi connectivity index (χ2n) is 5.89. The lowest BCUT2D eigenvalue weighted by Gasteiger charge is -2.29. The Hall–Kier alpha value is -1.47. The van der Waals surface area contributed by atoms with Crippen LogP contribution in [-0.4, -0.2) is 50.9 Å². The van der Waals surface area contributed by atoms with Crippen molar-refractivity contribution < 1.29 is 27.8 Å². The number of nitriles is 1. The predicted octanol–water partition coefficient (Wildman–Crippen LogP) is 2.25. The fourth-order valence-corrected chi connectivity index (χ4v) is 2.82. The number of halogens is 3. The molecule has 0 aromatic heterocycles. The zero-order valence-electron chi connectivity index (χ0n) is 13.0. The number of carbonyl (C=O) groups is 1. The summed E-state index contributed by atoms with van der Waals surface area (Å²) in [4.78, 5) is 15.5. The van der Waals surface area contributed by atoms with Crippen LogP contribution in [0.15, 0.2) is 4.99 Å². The van der Waals surface area contributed by atoms with Crippen molar-refractivity contribution in [3.63, 3.8) is 0 Å². The summed E-state index contributed by atoms with van der Waals surface area (Å²) in [7, 11) is 0. The molecule has 10 heteroatoms. The van der Waals surface area contributed by atoms with Gasteiger partial charge in [0.25, 0.3) is 5.72 Å². The van der Waals surface area contributed by atoms with Crippen LogP contribution in [0.2, 0.25) is 0 Å². The molecule has 1 fully saturated rings. The Morgan fingerprint density at radius 3 is 2.61 bits per heavy atom. The average molecular weight is 353 g/mol. The Morgan fingerprint density at radius 2 is 2.13 bits per heavy atom. The van der Waals surface area contributed by atoms with Crippen molar-refractivity contribution in [2.24, 2.45) is 4.99 Å². The van der Waals surface area contributed by atoms with E-state index < -0.39 is 29.2 Å². The number of esters is 1. The Kier molecular flexibility index (Phi) is 5.93. The van der Waals surface area contributed by atoms with Crippen LogP contribution in [0.3, 0.4) is 0 Å². The van der Waals surface area contributed by atoms with Crippen LogP contribution in [0.1, 0.15) is 33.6 Å². The number of hydrogen-bond donors (Lipinski definition) is 1. The van der Waals surface area contributed by atoms with Crippen molar-refractivity contribution in [1.29, 1.82) is 5.26 Å². The van der Waals surface area contributed by atoms with Gasteiger partial charge in [0, 0.05) is 13.0 Å². The molecular weight excluding hydrogens is 335 g/mol. The van der Waals surface area contributed by atoms with Gasteiger partial charge in [0.05, 0.1) is 5.75 Å². The van der Waals surface area contributed by atoms with Crippen LogP contribution < -0.4 is 0 Å². The van der Waals surface area contributed by atoms with Gasteiger partial charge in [0.2, 0.25) is 0 Å². The topological polar surface area (TPSA) is 85.9 Å². The summed E-state index contributed by atoms with van der Waals surface area (Å²) in [6.45, 7) is 5.23. The van der Waals surface area contributed by atoms with E-state index in [0.717, 1.165) is 0 Å². The summed E-state index contributed by atoms with van der Waals surface area (Å²) in [5.74, 6) is -1.16. The standard InChI is InChI=1S/C13H18F3N3O3S/c1-11(2,3)22-9(20)5-4-6-18-10-19(8-17)12(21,7-23-10)13(14,15)16/h21H,4-7H2,1-3H3. The van der Waals surface area contributed by atoms with Gasteiger partial charge in [-0.05, 0) is 27.2 Å². The van der Waals surface area contributed by atoms with Crippen molar-refractivity contribution in [3.05, 3.63) is 0 Å². The Morgan fingerprint density at radius 1 is 1.52 bits per heavy atom. The lowest BCUT2D eigenvalue weighted by Crippen LogP contribution is -2.56. The molecule has 0 aliphatic carbocycles. The third kappa shape index (κ3) is 5.00. The third-order valence-electron chi connectivity index (χ3n) is 2.72.